The second-order valence-electron chi connectivity index (χ2n) is 6.20. The third-order valence-electron chi connectivity index (χ3n) is 4.66. The summed E-state index contributed by atoms with van der Waals surface area (Å²) in [5.74, 6) is 2.17. The maximum absolute atomic E-state index is 11.4. The molecule has 0 spiro atoms. The topological polar surface area (TPSA) is 84.8 Å². The fourth-order valence-corrected chi connectivity index (χ4v) is 3.32. The second kappa shape index (κ2) is 10.9. The van der Waals surface area contributed by atoms with Crippen LogP contribution in [0.5, 0.6) is 28.7 Å². The van der Waals surface area contributed by atoms with E-state index >= 15 is 0 Å². The molecule has 2 aromatic rings. The molecule has 0 fully saturated rings. The molecule has 166 valence electrons. The first-order valence-electron chi connectivity index (χ1n) is 9.38. The molecule has 0 saturated heterocycles. The summed E-state index contributed by atoms with van der Waals surface area (Å²) in [5.41, 5.74) is 1.53. The molecule has 2 aromatic carbocycles. The summed E-state index contributed by atoms with van der Waals surface area (Å²) >= 11 is 0. The van der Waals surface area contributed by atoms with Crippen LogP contribution in [0.4, 0.5) is 0 Å². The fourth-order valence-electron chi connectivity index (χ4n) is 3.32. The molecule has 1 N–H and O–H groups in total. The molecule has 0 saturated carbocycles. The monoisotopic (exact) mass is 422 g/mol. The Bertz CT molecular complexity index is 832. The van der Waals surface area contributed by atoms with Crippen molar-refractivity contribution in [2.75, 3.05) is 49.3 Å². The van der Waals surface area contributed by atoms with Gasteiger partial charge < -0.3 is 38.3 Å². The largest absolute Gasteiger partial charge is 0.493 e. The van der Waals surface area contributed by atoms with Gasteiger partial charge in [-0.3, -0.25) is 0 Å². The zero-order chi connectivity index (χ0) is 22.3. The van der Waals surface area contributed by atoms with Crippen LogP contribution in [0.25, 0.3) is 0 Å². The molecule has 0 aromatic heterocycles. The first kappa shape index (κ1) is 23.6. The Morgan fingerprint density at radius 1 is 0.767 bits per heavy atom. The summed E-state index contributed by atoms with van der Waals surface area (Å²) < 4.78 is 38.5. The lowest BCUT2D eigenvalue weighted by atomic mass is 9.94. The highest BCUT2D eigenvalue weighted by atomic mass is 16.7. The van der Waals surface area contributed by atoms with Gasteiger partial charge in [-0.05, 0) is 30.7 Å². The smallest absolute Gasteiger partial charge is 0.203 e. The Morgan fingerprint density at radius 2 is 1.40 bits per heavy atom. The van der Waals surface area contributed by atoms with Crippen molar-refractivity contribution in [3.05, 3.63) is 41.0 Å². The van der Waals surface area contributed by atoms with Gasteiger partial charge in [0.25, 0.3) is 0 Å². The Balaban J connectivity index is 2.74. The first-order valence-corrected chi connectivity index (χ1v) is 9.38. The molecular weight excluding hydrogens is 392 g/mol. The van der Waals surface area contributed by atoms with E-state index in [-0.39, 0.29) is 0 Å². The van der Waals surface area contributed by atoms with Crippen LogP contribution < -0.4 is 23.7 Å². The minimum absolute atomic E-state index is 0.311. The van der Waals surface area contributed by atoms with Gasteiger partial charge in [0.15, 0.2) is 29.3 Å². The molecule has 1 unspecified atom stereocenters. The minimum Gasteiger partial charge on any atom is -0.493 e. The Kier molecular flexibility index (Phi) is 8.58. The molecule has 0 radical (unpaired) electrons. The normalized spacial score (nSPS) is 11.9. The van der Waals surface area contributed by atoms with Crippen molar-refractivity contribution < 1.29 is 38.3 Å². The number of aliphatic hydroxyl groups excluding tert-OH is 1. The van der Waals surface area contributed by atoms with Gasteiger partial charge in [-0.15, -0.1) is 0 Å². The second-order valence-corrected chi connectivity index (χ2v) is 6.20. The van der Waals surface area contributed by atoms with Crippen LogP contribution in [0, 0.1) is 0 Å². The van der Waals surface area contributed by atoms with E-state index in [0.29, 0.717) is 52.0 Å². The van der Waals surface area contributed by atoms with Crippen molar-refractivity contribution in [1.29, 1.82) is 0 Å². The summed E-state index contributed by atoms with van der Waals surface area (Å²) in [7, 11) is 9.07. The molecule has 0 aliphatic heterocycles. The van der Waals surface area contributed by atoms with Crippen LogP contribution >= 0.6 is 0 Å². The highest BCUT2D eigenvalue weighted by molar-refractivity contribution is 5.62. The molecule has 0 aliphatic carbocycles. The number of rotatable bonds is 11. The molecule has 0 bridgehead atoms. The number of aliphatic hydroxyl groups is 1. The van der Waals surface area contributed by atoms with Crippen LogP contribution in [0.2, 0.25) is 0 Å². The zero-order valence-electron chi connectivity index (χ0n) is 18.5. The van der Waals surface area contributed by atoms with E-state index < -0.39 is 12.4 Å². The van der Waals surface area contributed by atoms with Gasteiger partial charge in [0.1, 0.15) is 6.10 Å². The van der Waals surface area contributed by atoms with Crippen LogP contribution in [-0.4, -0.2) is 54.4 Å². The molecule has 8 nitrogen and oxygen atoms in total. The van der Waals surface area contributed by atoms with Gasteiger partial charge in [0.2, 0.25) is 5.75 Å². The van der Waals surface area contributed by atoms with Crippen LogP contribution in [0.1, 0.15) is 36.0 Å². The molecule has 2 rings (SSSR count). The Labute approximate surface area is 177 Å². The molecule has 0 heterocycles. The third-order valence-corrected chi connectivity index (χ3v) is 4.66. The molecule has 8 heteroatoms. The summed E-state index contributed by atoms with van der Waals surface area (Å²) in [5, 5.41) is 11.4. The van der Waals surface area contributed by atoms with Gasteiger partial charge >= 0.3 is 0 Å². The van der Waals surface area contributed by atoms with Gasteiger partial charge in [-0.2, -0.15) is 0 Å². The van der Waals surface area contributed by atoms with Crippen molar-refractivity contribution in [2.45, 2.75) is 19.3 Å². The molecule has 0 aliphatic rings. The lowest BCUT2D eigenvalue weighted by Crippen LogP contribution is -2.14. The van der Waals surface area contributed by atoms with E-state index in [1.807, 2.05) is 6.92 Å². The SMILES string of the molecule is CCOc1ccc(C(O)c2c(C(OC)OC)cc(OC)c(OC)c2OC)cc1OC. The Hall–Kier alpha value is -2.68. The molecule has 0 amide bonds. The van der Waals surface area contributed by atoms with Crippen LogP contribution in [-0.2, 0) is 9.47 Å². The number of benzene rings is 2. The van der Waals surface area contributed by atoms with Crippen molar-refractivity contribution in [1.82, 2.24) is 0 Å². The number of methoxy groups -OCH3 is 6. The van der Waals surface area contributed by atoms with E-state index in [9.17, 15) is 5.11 Å². The highest BCUT2D eigenvalue weighted by Gasteiger charge is 2.30. The maximum Gasteiger partial charge on any atom is 0.203 e. The first-order chi connectivity index (χ1) is 14.5. The van der Waals surface area contributed by atoms with E-state index in [1.165, 1.54) is 35.5 Å². The van der Waals surface area contributed by atoms with Crippen LogP contribution in [0.15, 0.2) is 24.3 Å². The standard InChI is InChI=1S/C22H30O8/c1-8-30-15-10-9-13(11-16(15)24-2)19(23)18-14(22(28-6)29-7)12-17(25-3)20(26-4)21(18)27-5/h9-12,19,22-23H,8H2,1-7H3. The highest BCUT2D eigenvalue weighted by Crippen LogP contribution is 2.48. The summed E-state index contributed by atoms with van der Waals surface area (Å²) in [6, 6.07) is 6.91. The average Bonchev–Trinajstić information content (AvgIpc) is 2.78. The van der Waals surface area contributed by atoms with Gasteiger partial charge in [0, 0.05) is 25.3 Å². The maximum atomic E-state index is 11.4. The van der Waals surface area contributed by atoms with E-state index in [4.69, 9.17) is 33.2 Å². The number of hydrogen-bond acceptors (Lipinski definition) is 8. The number of hydrogen-bond donors (Lipinski definition) is 1. The predicted octanol–water partition coefficient (Wildman–Crippen LogP) is 3.49. The fraction of sp³-hybridized carbons (Fsp3) is 0.455. The summed E-state index contributed by atoms with van der Waals surface area (Å²) in [4.78, 5) is 0. The molecule has 1 atom stereocenters. The van der Waals surface area contributed by atoms with Gasteiger partial charge in [0.05, 0.1) is 35.0 Å². The number of ether oxygens (including phenoxy) is 7. The lowest BCUT2D eigenvalue weighted by Gasteiger charge is -2.26. The van der Waals surface area contributed by atoms with Gasteiger partial charge in [-0.25, -0.2) is 0 Å². The van der Waals surface area contributed by atoms with E-state index in [0.717, 1.165) is 0 Å². The molecule has 30 heavy (non-hydrogen) atoms. The van der Waals surface area contributed by atoms with Crippen molar-refractivity contribution in [3.63, 3.8) is 0 Å². The lowest BCUT2D eigenvalue weighted by molar-refractivity contribution is -0.107. The van der Waals surface area contributed by atoms with Gasteiger partial charge in [-0.1, -0.05) is 6.07 Å². The Morgan fingerprint density at radius 3 is 1.90 bits per heavy atom. The van der Waals surface area contributed by atoms with Crippen molar-refractivity contribution >= 4 is 0 Å². The third kappa shape index (κ3) is 4.56. The minimum atomic E-state index is -1.10. The van der Waals surface area contributed by atoms with E-state index in [1.54, 1.807) is 31.4 Å². The summed E-state index contributed by atoms with van der Waals surface area (Å²) in [6.45, 7) is 2.38. The summed E-state index contributed by atoms with van der Waals surface area (Å²) in [6.07, 6.45) is -1.87. The van der Waals surface area contributed by atoms with E-state index in [2.05, 4.69) is 0 Å². The average molecular weight is 422 g/mol. The van der Waals surface area contributed by atoms with Crippen molar-refractivity contribution in [2.24, 2.45) is 0 Å². The zero-order valence-corrected chi connectivity index (χ0v) is 18.5. The quantitative estimate of drug-likeness (QED) is 0.551. The van der Waals surface area contributed by atoms with Crippen LogP contribution in [0.3, 0.4) is 0 Å². The molecular formula is C22H30O8. The van der Waals surface area contributed by atoms with Crippen molar-refractivity contribution in [3.8, 4) is 28.7 Å². The predicted molar refractivity (Wildman–Crippen MR) is 111 cm³/mol.